The van der Waals surface area contributed by atoms with Crippen molar-refractivity contribution in [3.05, 3.63) is 89.7 Å². The van der Waals surface area contributed by atoms with Crippen molar-refractivity contribution < 1.29 is 18.7 Å². The van der Waals surface area contributed by atoms with Crippen LogP contribution >= 0.6 is 0 Å². The molecule has 0 aliphatic heterocycles. The van der Waals surface area contributed by atoms with Crippen molar-refractivity contribution in [2.75, 3.05) is 14.2 Å². The molecule has 5 heteroatoms. The molecule has 0 spiro atoms. The molecule has 1 amide bonds. The average molecular weight is 484 g/mol. The molecule has 1 N–H and O–H groups in total. The molecular formula is C31H33NO4. The van der Waals surface area contributed by atoms with Gasteiger partial charge in [-0.05, 0) is 68.5 Å². The molecule has 0 aliphatic carbocycles. The molecule has 36 heavy (non-hydrogen) atoms. The largest absolute Gasteiger partial charge is 0.497 e. The lowest BCUT2D eigenvalue weighted by Crippen LogP contribution is -2.31. The maximum atomic E-state index is 12.8. The van der Waals surface area contributed by atoms with Crippen LogP contribution in [-0.4, -0.2) is 26.2 Å². The van der Waals surface area contributed by atoms with Gasteiger partial charge >= 0.3 is 0 Å². The molecule has 1 aromatic heterocycles. The van der Waals surface area contributed by atoms with Crippen molar-refractivity contribution in [3.63, 3.8) is 0 Å². The van der Waals surface area contributed by atoms with Crippen LogP contribution in [0.3, 0.4) is 0 Å². The third-order valence-electron chi connectivity index (χ3n) is 6.52. The van der Waals surface area contributed by atoms with E-state index >= 15 is 0 Å². The highest BCUT2D eigenvalue weighted by atomic mass is 16.5. The highest BCUT2D eigenvalue weighted by molar-refractivity contribution is 6.01. The molecule has 1 atom stereocenters. The molecule has 4 aromatic rings. The maximum absolute atomic E-state index is 12.8. The second kappa shape index (κ2) is 11.2. The summed E-state index contributed by atoms with van der Waals surface area (Å²) in [5, 5.41) is 4.07. The third kappa shape index (κ3) is 5.46. The predicted octanol–water partition coefficient (Wildman–Crippen LogP) is 6.97. The van der Waals surface area contributed by atoms with E-state index in [1.54, 1.807) is 26.6 Å². The van der Waals surface area contributed by atoms with Crippen molar-refractivity contribution in [2.24, 2.45) is 0 Å². The molecule has 0 radical (unpaired) electrons. The lowest BCUT2D eigenvalue weighted by Gasteiger charge is -2.15. The van der Waals surface area contributed by atoms with Crippen molar-refractivity contribution in [3.8, 4) is 22.6 Å². The Morgan fingerprint density at radius 1 is 1.06 bits per heavy atom. The number of aryl methyl sites for hydroxylation is 2. The van der Waals surface area contributed by atoms with E-state index in [0.29, 0.717) is 5.75 Å². The van der Waals surface area contributed by atoms with Crippen molar-refractivity contribution in [2.45, 2.75) is 39.7 Å². The number of allylic oxidation sites excluding steroid dienone is 1. The zero-order valence-electron chi connectivity index (χ0n) is 21.6. The molecule has 1 unspecified atom stereocenters. The quantitative estimate of drug-likeness (QED) is 0.261. The molecule has 0 bridgehead atoms. The maximum Gasteiger partial charge on any atom is 0.244 e. The number of hydrogen-bond donors (Lipinski definition) is 1. The van der Waals surface area contributed by atoms with Gasteiger partial charge in [0.25, 0.3) is 0 Å². The van der Waals surface area contributed by atoms with Gasteiger partial charge in [-0.25, -0.2) is 0 Å². The molecule has 0 saturated heterocycles. The zero-order chi connectivity index (χ0) is 25.7. The monoisotopic (exact) mass is 483 g/mol. The number of carbonyl (C=O) groups is 1. The number of rotatable bonds is 9. The van der Waals surface area contributed by atoms with E-state index in [9.17, 15) is 4.79 Å². The SMILES string of the molecule is COc1ccc(-c2coc3c(C)c(OC)c(/C(C)=C/C(=O)NC(C)CCc4ccccc4)cc23)cc1. The number of ether oxygens (including phenoxy) is 2. The van der Waals surface area contributed by atoms with Crippen LogP contribution < -0.4 is 14.8 Å². The summed E-state index contributed by atoms with van der Waals surface area (Å²) in [5.41, 5.74) is 6.63. The van der Waals surface area contributed by atoms with E-state index in [4.69, 9.17) is 13.9 Å². The minimum Gasteiger partial charge on any atom is -0.497 e. The number of amides is 1. The number of fused-ring (bicyclic) bond motifs is 1. The number of hydrogen-bond acceptors (Lipinski definition) is 4. The lowest BCUT2D eigenvalue weighted by molar-refractivity contribution is -0.117. The molecule has 4 rings (SSSR count). The summed E-state index contributed by atoms with van der Waals surface area (Å²) in [4.78, 5) is 12.8. The van der Waals surface area contributed by atoms with Crippen LogP contribution in [0.25, 0.3) is 27.7 Å². The summed E-state index contributed by atoms with van der Waals surface area (Å²) in [7, 11) is 3.30. The van der Waals surface area contributed by atoms with Gasteiger partial charge in [-0.1, -0.05) is 42.5 Å². The highest BCUT2D eigenvalue weighted by Crippen LogP contribution is 2.40. The first kappa shape index (κ1) is 25.1. The fourth-order valence-electron chi connectivity index (χ4n) is 4.52. The molecular weight excluding hydrogens is 450 g/mol. The van der Waals surface area contributed by atoms with Crippen LogP contribution in [0.2, 0.25) is 0 Å². The Hall–Kier alpha value is -3.99. The summed E-state index contributed by atoms with van der Waals surface area (Å²) < 4.78 is 17.0. The van der Waals surface area contributed by atoms with Gasteiger partial charge < -0.3 is 19.2 Å². The molecule has 1 heterocycles. The molecule has 0 saturated carbocycles. The van der Waals surface area contributed by atoms with E-state index in [0.717, 1.165) is 57.4 Å². The van der Waals surface area contributed by atoms with Crippen LogP contribution in [0.5, 0.6) is 11.5 Å². The van der Waals surface area contributed by atoms with Crippen LogP contribution in [-0.2, 0) is 11.2 Å². The molecule has 0 aliphatic rings. The Bertz CT molecular complexity index is 1370. The van der Waals surface area contributed by atoms with E-state index in [2.05, 4.69) is 17.4 Å². The minimum absolute atomic E-state index is 0.0587. The Balaban J connectivity index is 1.59. The second-order valence-electron chi connectivity index (χ2n) is 9.10. The van der Waals surface area contributed by atoms with Gasteiger partial charge in [0.2, 0.25) is 5.91 Å². The summed E-state index contributed by atoms with van der Waals surface area (Å²) >= 11 is 0. The predicted molar refractivity (Wildman–Crippen MR) is 146 cm³/mol. The summed E-state index contributed by atoms with van der Waals surface area (Å²) in [6.45, 7) is 5.95. The first-order valence-corrected chi connectivity index (χ1v) is 12.2. The number of carbonyl (C=O) groups excluding carboxylic acids is 1. The first-order chi connectivity index (χ1) is 17.4. The summed E-state index contributed by atoms with van der Waals surface area (Å²) in [5.74, 6) is 1.39. The van der Waals surface area contributed by atoms with Crippen LogP contribution in [0, 0.1) is 6.92 Å². The Morgan fingerprint density at radius 3 is 2.44 bits per heavy atom. The third-order valence-corrected chi connectivity index (χ3v) is 6.52. The first-order valence-electron chi connectivity index (χ1n) is 12.2. The number of furan rings is 1. The normalized spacial score (nSPS) is 12.4. The number of nitrogens with one attached hydrogen (secondary N) is 1. The Morgan fingerprint density at radius 2 is 1.78 bits per heavy atom. The van der Waals surface area contributed by atoms with Gasteiger partial charge in [0.05, 0.1) is 20.5 Å². The summed E-state index contributed by atoms with van der Waals surface area (Å²) in [6.07, 6.45) is 5.21. The van der Waals surface area contributed by atoms with E-state index < -0.39 is 0 Å². The Labute approximate surface area is 212 Å². The Kier molecular flexibility index (Phi) is 7.79. The number of benzene rings is 3. The van der Waals surface area contributed by atoms with Gasteiger partial charge in [0.1, 0.15) is 17.1 Å². The van der Waals surface area contributed by atoms with Gasteiger partial charge in [0.15, 0.2) is 0 Å². The zero-order valence-corrected chi connectivity index (χ0v) is 21.6. The van der Waals surface area contributed by atoms with E-state index in [1.807, 2.05) is 69.3 Å². The lowest BCUT2D eigenvalue weighted by atomic mass is 9.96. The van der Waals surface area contributed by atoms with Gasteiger partial charge in [0, 0.05) is 34.2 Å². The minimum atomic E-state index is -0.115. The number of methoxy groups -OCH3 is 2. The van der Waals surface area contributed by atoms with E-state index in [1.165, 1.54) is 5.56 Å². The standard InChI is InChI=1S/C31H33NO4/c1-20(17-29(33)32-21(2)11-12-23-9-7-6-8-10-23)26-18-27-28(24-13-15-25(34-4)16-14-24)19-36-31(27)22(3)30(26)35-5/h6-10,13-19,21H,11-12H2,1-5H3,(H,32,33)/b20-17+. The van der Waals surface area contributed by atoms with Gasteiger partial charge in [-0.15, -0.1) is 0 Å². The van der Waals surface area contributed by atoms with Crippen molar-refractivity contribution in [1.82, 2.24) is 5.32 Å². The smallest absolute Gasteiger partial charge is 0.244 e. The second-order valence-corrected chi connectivity index (χ2v) is 9.10. The molecule has 0 fully saturated rings. The van der Waals surface area contributed by atoms with Gasteiger partial charge in [-0.2, -0.15) is 0 Å². The average Bonchev–Trinajstić information content (AvgIpc) is 3.32. The highest BCUT2D eigenvalue weighted by Gasteiger charge is 2.19. The fraction of sp³-hybridized carbons (Fsp3) is 0.258. The van der Waals surface area contributed by atoms with Gasteiger partial charge in [-0.3, -0.25) is 4.79 Å². The van der Waals surface area contributed by atoms with Crippen LogP contribution in [0.4, 0.5) is 0 Å². The fourth-order valence-corrected chi connectivity index (χ4v) is 4.52. The van der Waals surface area contributed by atoms with Crippen LogP contribution in [0.15, 0.2) is 77.4 Å². The molecule has 3 aromatic carbocycles. The van der Waals surface area contributed by atoms with Crippen molar-refractivity contribution >= 4 is 22.4 Å². The molecule has 5 nitrogen and oxygen atoms in total. The molecule has 186 valence electrons. The van der Waals surface area contributed by atoms with E-state index in [-0.39, 0.29) is 11.9 Å². The van der Waals surface area contributed by atoms with Crippen LogP contribution in [0.1, 0.15) is 37.0 Å². The topological polar surface area (TPSA) is 60.7 Å². The van der Waals surface area contributed by atoms with Crippen molar-refractivity contribution in [1.29, 1.82) is 0 Å². The summed E-state index contributed by atoms with van der Waals surface area (Å²) in [6, 6.07) is 20.3.